The van der Waals surface area contributed by atoms with Crippen molar-refractivity contribution in [1.82, 2.24) is 4.57 Å². The van der Waals surface area contributed by atoms with E-state index in [1.165, 1.54) is 0 Å². The Bertz CT molecular complexity index is 852. The van der Waals surface area contributed by atoms with Crippen molar-refractivity contribution < 1.29 is 10.2 Å². The largest absolute Gasteiger partial charge is 0.508 e. The van der Waals surface area contributed by atoms with E-state index in [9.17, 15) is 10.2 Å². The first-order chi connectivity index (χ1) is 10.6. The van der Waals surface area contributed by atoms with Gasteiger partial charge in [-0.3, -0.25) is 0 Å². The van der Waals surface area contributed by atoms with E-state index in [1.807, 2.05) is 38.2 Å². The van der Waals surface area contributed by atoms with Crippen LogP contribution in [0.1, 0.15) is 12.5 Å². The summed E-state index contributed by atoms with van der Waals surface area (Å²) in [4.78, 5) is 1.11. The molecule has 3 rings (SSSR count). The molecule has 3 nitrogen and oxygen atoms in total. The summed E-state index contributed by atoms with van der Waals surface area (Å²) in [6.07, 6.45) is 0. The Morgan fingerprint density at radius 1 is 1.05 bits per heavy atom. The van der Waals surface area contributed by atoms with Crippen LogP contribution in [0.2, 0.25) is 0 Å². The smallest absolute Gasteiger partial charge is 0.124 e. The predicted octanol–water partition coefficient (Wildman–Crippen LogP) is 4.68. The van der Waals surface area contributed by atoms with E-state index in [1.54, 1.807) is 23.9 Å². The number of phenolic OH excluding ortho intramolecular Hbond substituents is 2. The Balaban J connectivity index is 2.44. The molecule has 0 atom stereocenters. The molecule has 2 N–H and O–H groups in total. The summed E-state index contributed by atoms with van der Waals surface area (Å²) in [5.41, 5.74) is 3.75. The number of phenols is 2. The monoisotopic (exact) mass is 313 g/mol. The van der Waals surface area contributed by atoms with Gasteiger partial charge in [0.25, 0.3) is 0 Å². The van der Waals surface area contributed by atoms with Crippen molar-refractivity contribution in [2.75, 3.05) is 5.75 Å². The maximum Gasteiger partial charge on any atom is 0.124 e. The average Bonchev–Trinajstić information content (AvgIpc) is 2.77. The van der Waals surface area contributed by atoms with Gasteiger partial charge >= 0.3 is 0 Å². The average molecular weight is 313 g/mol. The molecule has 0 radical (unpaired) electrons. The lowest BCUT2D eigenvalue weighted by atomic mass is 10.1. The minimum Gasteiger partial charge on any atom is -0.508 e. The number of aryl methyl sites for hydroxylation is 2. The number of benzene rings is 2. The van der Waals surface area contributed by atoms with Gasteiger partial charge in [0.1, 0.15) is 11.5 Å². The van der Waals surface area contributed by atoms with Gasteiger partial charge in [-0.25, -0.2) is 0 Å². The highest BCUT2D eigenvalue weighted by Crippen LogP contribution is 2.44. The zero-order chi connectivity index (χ0) is 15.9. The van der Waals surface area contributed by atoms with Crippen LogP contribution in [0.3, 0.4) is 0 Å². The molecule has 0 aliphatic rings. The zero-order valence-electron chi connectivity index (χ0n) is 12.9. The molecule has 0 spiro atoms. The van der Waals surface area contributed by atoms with E-state index < -0.39 is 0 Å². The molecule has 4 heteroatoms. The molecule has 1 aromatic heterocycles. The number of fused-ring (bicyclic) bond motifs is 1. The predicted molar refractivity (Wildman–Crippen MR) is 92.8 cm³/mol. The van der Waals surface area contributed by atoms with Gasteiger partial charge in [-0.15, -0.1) is 11.8 Å². The highest BCUT2D eigenvalue weighted by atomic mass is 32.2. The van der Waals surface area contributed by atoms with E-state index in [-0.39, 0.29) is 5.75 Å². The third kappa shape index (κ3) is 2.15. The number of para-hydroxylation sites is 1. The first-order valence-electron chi connectivity index (χ1n) is 7.28. The molecule has 0 saturated carbocycles. The Hall–Kier alpha value is -2.07. The molecule has 1 heterocycles. The molecule has 114 valence electrons. The number of rotatable bonds is 3. The van der Waals surface area contributed by atoms with E-state index in [4.69, 9.17) is 0 Å². The van der Waals surface area contributed by atoms with Crippen molar-refractivity contribution >= 4 is 22.7 Å². The van der Waals surface area contributed by atoms with Crippen LogP contribution in [-0.2, 0) is 7.05 Å². The third-order valence-corrected chi connectivity index (χ3v) is 4.98. The van der Waals surface area contributed by atoms with Crippen LogP contribution < -0.4 is 0 Å². The quantitative estimate of drug-likeness (QED) is 0.690. The summed E-state index contributed by atoms with van der Waals surface area (Å²) in [5, 5.41) is 21.4. The normalized spacial score (nSPS) is 11.2. The van der Waals surface area contributed by atoms with Crippen LogP contribution in [0, 0.1) is 6.92 Å². The number of aromatic hydroxyl groups is 2. The summed E-state index contributed by atoms with van der Waals surface area (Å²) in [5.74, 6) is 1.50. The zero-order valence-corrected chi connectivity index (χ0v) is 13.7. The molecule has 0 aliphatic heterocycles. The molecule has 3 aromatic rings. The third-order valence-electron chi connectivity index (χ3n) is 4.00. The van der Waals surface area contributed by atoms with Crippen LogP contribution >= 0.6 is 11.8 Å². The number of thioether (sulfide) groups is 1. The fourth-order valence-electron chi connectivity index (χ4n) is 2.91. The van der Waals surface area contributed by atoms with Crippen molar-refractivity contribution in [1.29, 1.82) is 0 Å². The first-order valence-corrected chi connectivity index (χ1v) is 8.27. The second kappa shape index (κ2) is 5.61. The number of hydrogen-bond acceptors (Lipinski definition) is 3. The summed E-state index contributed by atoms with van der Waals surface area (Å²) in [6.45, 7) is 4.04. The van der Waals surface area contributed by atoms with E-state index in [2.05, 4.69) is 11.5 Å². The Kier molecular flexibility index (Phi) is 3.79. The topological polar surface area (TPSA) is 45.4 Å². The molecular weight excluding hydrogens is 294 g/mol. The van der Waals surface area contributed by atoms with Gasteiger partial charge in [-0.2, -0.15) is 0 Å². The second-order valence-electron chi connectivity index (χ2n) is 5.29. The highest BCUT2D eigenvalue weighted by molar-refractivity contribution is 7.99. The Morgan fingerprint density at radius 2 is 1.77 bits per heavy atom. The second-order valence-corrected chi connectivity index (χ2v) is 6.56. The molecule has 0 unspecified atom stereocenters. The van der Waals surface area contributed by atoms with E-state index in [0.29, 0.717) is 5.75 Å². The lowest BCUT2D eigenvalue weighted by molar-refractivity contribution is 0.472. The highest BCUT2D eigenvalue weighted by Gasteiger charge is 2.21. The summed E-state index contributed by atoms with van der Waals surface area (Å²) >= 11 is 1.74. The van der Waals surface area contributed by atoms with Gasteiger partial charge in [0.2, 0.25) is 0 Å². The van der Waals surface area contributed by atoms with Gasteiger partial charge in [0.05, 0.1) is 5.69 Å². The maximum absolute atomic E-state index is 10.3. The standard InChI is InChI=1S/C18H19NO2S/c1-4-22-18-16-11(2)14(20)10-9-13(16)19(3)17(18)12-7-5-6-8-15(12)21/h5-10,20-21H,4H2,1-3H3. The van der Waals surface area contributed by atoms with Crippen LogP contribution in [0.4, 0.5) is 0 Å². The fourth-order valence-corrected chi connectivity index (χ4v) is 3.98. The molecule has 0 saturated heterocycles. The maximum atomic E-state index is 10.3. The Morgan fingerprint density at radius 3 is 2.45 bits per heavy atom. The van der Waals surface area contributed by atoms with Crippen molar-refractivity contribution in [3.8, 4) is 22.8 Å². The minimum absolute atomic E-state index is 0.272. The molecule has 0 bridgehead atoms. The van der Waals surface area contributed by atoms with Gasteiger partial charge in [-0.1, -0.05) is 19.1 Å². The lowest BCUT2D eigenvalue weighted by Crippen LogP contribution is -1.92. The van der Waals surface area contributed by atoms with Crippen LogP contribution in [-0.4, -0.2) is 20.5 Å². The SMILES string of the molecule is CCSc1c(-c2ccccc2O)n(C)c2ccc(O)c(C)c12. The van der Waals surface area contributed by atoms with Crippen LogP contribution in [0.15, 0.2) is 41.3 Å². The van der Waals surface area contributed by atoms with Crippen molar-refractivity contribution in [2.24, 2.45) is 7.05 Å². The van der Waals surface area contributed by atoms with Gasteiger partial charge < -0.3 is 14.8 Å². The van der Waals surface area contributed by atoms with Gasteiger partial charge in [-0.05, 0) is 36.9 Å². The summed E-state index contributed by atoms with van der Waals surface area (Å²) in [7, 11) is 2.00. The number of aromatic nitrogens is 1. The summed E-state index contributed by atoms with van der Waals surface area (Å²) in [6, 6.07) is 11.0. The lowest BCUT2D eigenvalue weighted by Gasteiger charge is -2.09. The first kappa shape index (κ1) is 14.9. The number of hydrogen-bond donors (Lipinski definition) is 2. The number of nitrogens with zero attached hydrogens (tertiary/aromatic N) is 1. The van der Waals surface area contributed by atoms with Gasteiger partial charge in [0.15, 0.2) is 0 Å². The molecular formula is C18H19NO2S. The molecule has 2 aromatic carbocycles. The van der Waals surface area contributed by atoms with Crippen molar-refractivity contribution in [3.05, 3.63) is 42.0 Å². The fraction of sp³-hybridized carbons (Fsp3) is 0.222. The van der Waals surface area contributed by atoms with E-state index >= 15 is 0 Å². The molecule has 22 heavy (non-hydrogen) atoms. The van der Waals surface area contributed by atoms with Crippen molar-refractivity contribution in [2.45, 2.75) is 18.7 Å². The van der Waals surface area contributed by atoms with Crippen molar-refractivity contribution in [3.63, 3.8) is 0 Å². The summed E-state index contributed by atoms with van der Waals surface area (Å²) < 4.78 is 2.09. The molecule has 0 fully saturated rings. The Labute approximate surface area is 134 Å². The van der Waals surface area contributed by atoms with E-state index in [0.717, 1.165) is 38.4 Å². The molecule has 0 amide bonds. The minimum atomic E-state index is 0.272. The van der Waals surface area contributed by atoms with Gasteiger partial charge in [0, 0.05) is 34.0 Å². The molecule has 0 aliphatic carbocycles. The van der Waals surface area contributed by atoms with Crippen LogP contribution in [0.25, 0.3) is 22.2 Å². The van der Waals surface area contributed by atoms with Crippen LogP contribution in [0.5, 0.6) is 11.5 Å².